The lowest BCUT2D eigenvalue weighted by Crippen LogP contribution is -2.34. The summed E-state index contributed by atoms with van der Waals surface area (Å²) in [5.41, 5.74) is 1.17. The zero-order chi connectivity index (χ0) is 14.5. The van der Waals surface area contributed by atoms with Gasteiger partial charge in [-0.2, -0.15) is 0 Å². The third-order valence-corrected chi connectivity index (χ3v) is 5.49. The Balaban J connectivity index is 2.32. The Kier molecular flexibility index (Phi) is 6.20. The van der Waals surface area contributed by atoms with Crippen LogP contribution in [0, 0.1) is 11.8 Å². The second-order valence-electron chi connectivity index (χ2n) is 5.80. The van der Waals surface area contributed by atoms with Gasteiger partial charge in [0.25, 0.3) is 0 Å². The number of hydrogen-bond acceptors (Lipinski definition) is 1. The first-order valence-corrected chi connectivity index (χ1v) is 8.61. The lowest BCUT2D eigenvalue weighted by Gasteiger charge is -2.38. The standard InChI is InChI=1S/C17H25Cl2N/c1-3-12-8-5-6-9-13(12)17(20-4-2)14-10-7-11-15(18)16(14)19/h7,10-13,17,20H,3-6,8-9H2,1-2H3. The van der Waals surface area contributed by atoms with Crippen molar-refractivity contribution in [2.24, 2.45) is 11.8 Å². The van der Waals surface area contributed by atoms with Gasteiger partial charge in [0.15, 0.2) is 0 Å². The van der Waals surface area contributed by atoms with Crippen LogP contribution in [0.25, 0.3) is 0 Å². The van der Waals surface area contributed by atoms with E-state index in [-0.39, 0.29) is 0 Å². The molecule has 1 aromatic carbocycles. The topological polar surface area (TPSA) is 12.0 Å². The Labute approximate surface area is 133 Å². The minimum Gasteiger partial charge on any atom is -0.310 e. The molecule has 0 aromatic heterocycles. The van der Waals surface area contributed by atoms with Crippen LogP contribution in [0.4, 0.5) is 0 Å². The van der Waals surface area contributed by atoms with E-state index in [1.807, 2.05) is 12.1 Å². The molecule has 0 amide bonds. The van der Waals surface area contributed by atoms with E-state index in [0.717, 1.165) is 17.5 Å². The van der Waals surface area contributed by atoms with Gasteiger partial charge in [-0.1, -0.05) is 74.9 Å². The van der Waals surface area contributed by atoms with E-state index < -0.39 is 0 Å². The Hall–Kier alpha value is -0.240. The first-order chi connectivity index (χ1) is 9.69. The molecule has 0 heterocycles. The van der Waals surface area contributed by atoms with E-state index in [9.17, 15) is 0 Å². The van der Waals surface area contributed by atoms with Crippen LogP contribution in [-0.4, -0.2) is 6.54 Å². The summed E-state index contributed by atoms with van der Waals surface area (Å²) in [4.78, 5) is 0. The smallest absolute Gasteiger partial charge is 0.0640 e. The molecule has 3 atom stereocenters. The third-order valence-electron chi connectivity index (χ3n) is 4.66. The van der Waals surface area contributed by atoms with Crippen LogP contribution in [0.1, 0.15) is 57.6 Å². The maximum atomic E-state index is 6.46. The van der Waals surface area contributed by atoms with Gasteiger partial charge in [0.1, 0.15) is 0 Å². The van der Waals surface area contributed by atoms with E-state index in [2.05, 4.69) is 25.2 Å². The SMILES string of the molecule is CCNC(c1cccc(Cl)c1Cl)C1CCCCC1CC. The molecule has 1 saturated carbocycles. The lowest BCUT2D eigenvalue weighted by molar-refractivity contribution is 0.177. The Morgan fingerprint density at radius 3 is 2.65 bits per heavy atom. The second kappa shape index (κ2) is 7.68. The first kappa shape index (κ1) is 16.1. The van der Waals surface area contributed by atoms with E-state index in [1.165, 1.54) is 37.7 Å². The highest BCUT2D eigenvalue weighted by molar-refractivity contribution is 6.42. The minimum absolute atomic E-state index is 0.330. The fourth-order valence-corrected chi connectivity index (χ4v) is 4.08. The Bertz CT molecular complexity index is 433. The van der Waals surface area contributed by atoms with Gasteiger partial charge in [-0.3, -0.25) is 0 Å². The quantitative estimate of drug-likeness (QED) is 0.717. The summed E-state index contributed by atoms with van der Waals surface area (Å²) in [7, 11) is 0. The molecule has 0 spiro atoms. The van der Waals surface area contributed by atoms with Crippen LogP contribution in [-0.2, 0) is 0 Å². The lowest BCUT2D eigenvalue weighted by atomic mass is 9.72. The average molecular weight is 314 g/mol. The van der Waals surface area contributed by atoms with Crippen molar-refractivity contribution in [3.05, 3.63) is 33.8 Å². The number of rotatable bonds is 5. The van der Waals surface area contributed by atoms with Crippen molar-refractivity contribution in [1.82, 2.24) is 5.32 Å². The van der Waals surface area contributed by atoms with Crippen molar-refractivity contribution in [3.63, 3.8) is 0 Å². The molecule has 0 bridgehead atoms. The highest BCUT2D eigenvalue weighted by atomic mass is 35.5. The highest BCUT2D eigenvalue weighted by Crippen LogP contribution is 2.43. The number of hydrogen-bond donors (Lipinski definition) is 1. The highest BCUT2D eigenvalue weighted by Gasteiger charge is 2.32. The molecular formula is C17H25Cl2N. The fourth-order valence-electron chi connectivity index (χ4n) is 3.65. The zero-order valence-electron chi connectivity index (χ0n) is 12.5. The second-order valence-corrected chi connectivity index (χ2v) is 6.58. The molecule has 3 unspecified atom stereocenters. The van der Waals surface area contributed by atoms with Gasteiger partial charge in [-0.25, -0.2) is 0 Å². The largest absolute Gasteiger partial charge is 0.310 e. The molecule has 0 radical (unpaired) electrons. The van der Waals surface area contributed by atoms with Gasteiger partial charge in [0, 0.05) is 6.04 Å². The van der Waals surface area contributed by atoms with Gasteiger partial charge in [0.2, 0.25) is 0 Å². The summed E-state index contributed by atoms with van der Waals surface area (Å²) < 4.78 is 0. The molecule has 3 heteroatoms. The monoisotopic (exact) mass is 313 g/mol. The van der Waals surface area contributed by atoms with E-state index in [1.54, 1.807) is 0 Å². The molecule has 1 aliphatic rings. The summed E-state index contributed by atoms with van der Waals surface area (Å²) in [5, 5.41) is 5.04. The molecule has 1 aliphatic carbocycles. The van der Waals surface area contributed by atoms with Crippen LogP contribution in [0.3, 0.4) is 0 Å². The molecule has 112 valence electrons. The van der Waals surface area contributed by atoms with Crippen molar-refractivity contribution in [1.29, 1.82) is 0 Å². The predicted octanol–water partition coefficient (Wildman–Crippen LogP) is 5.86. The summed E-state index contributed by atoms with van der Waals surface area (Å²) in [6, 6.07) is 6.34. The summed E-state index contributed by atoms with van der Waals surface area (Å²) >= 11 is 12.7. The van der Waals surface area contributed by atoms with Crippen molar-refractivity contribution < 1.29 is 0 Å². The summed E-state index contributed by atoms with van der Waals surface area (Å²) in [6.07, 6.45) is 6.60. The van der Waals surface area contributed by atoms with Crippen LogP contribution >= 0.6 is 23.2 Å². The molecule has 0 saturated heterocycles. The maximum absolute atomic E-state index is 6.46. The maximum Gasteiger partial charge on any atom is 0.0640 e. The summed E-state index contributed by atoms with van der Waals surface area (Å²) in [5.74, 6) is 1.47. The van der Waals surface area contributed by atoms with E-state index in [4.69, 9.17) is 23.2 Å². The van der Waals surface area contributed by atoms with Crippen LogP contribution < -0.4 is 5.32 Å². The number of benzene rings is 1. The molecule has 1 N–H and O–H groups in total. The molecule has 0 aliphatic heterocycles. The Morgan fingerprint density at radius 2 is 1.95 bits per heavy atom. The molecular weight excluding hydrogens is 289 g/mol. The first-order valence-electron chi connectivity index (χ1n) is 7.86. The van der Waals surface area contributed by atoms with Gasteiger partial charge in [-0.15, -0.1) is 0 Å². The number of halogens is 2. The van der Waals surface area contributed by atoms with Gasteiger partial charge >= 0.3 is 0 Å². The predicted molar refractivity (Wildman–Crippen MR) is 88.6 cm³/mol. The molecule has 1 fully saturated rings. The van der Waals surface area contributed by atoms with Crippen LogP contribution in [0.2, 0.25) is 10.0 Å². The molecule has 1 aromatic rings. The van der Waals surface area contributed by atoms with Gasteiger partial charge in [-0.05, 0) is 36.4 Å². The van der Waals surface area contributed by atoms with E-state index >= 15 is 0 Å². The van der Waals surface area contributed by atoms with E-state index in [0.29, 0.717) is 17.0 Å². The molecule has 1 nitrogen and oxygen atoms in total. The minimum atomic E-state index is 0.330. The van der Waals surface area contributed by atoms with Crippen LogP contribution in [0.15, 0.2) is 18.2 Å². The number of nitrogens with one attached hydrogen (secondary N) is 1. The zero-order valence-corrected chi connectivity index (χ0v) is 14.0. The molecule has 2 rings (SSSR count). The van der Waals surface area contributed by atoms with Crippen molar-refractivity contribution in [2.75, 3.05) is 6.54 Å². The fraction of sp³-hybridized carbons (Fsp3) is 0.647. The van der Waals surface area contributed by atoms with Crippen molar-refractivity contribution in [3.8, 4) is 0 Å². The van der Waals surface area contributed by atoms with Crippen molar-refractivity contribution >= 4 is 23.2 Å². The normalized spacial score (nSPS) is 24.6. The average Bonchev–Trinajstić information content (AvgIpc) is 2.48. The van der Waals surface area contributed by atoms with Crippen LogP contribution in [0.5, 0.6) is 0 Å². The van der Waals surface area contributed by atoms with Gasteiger partial charge in [0.05, 0.1) is 10.0 Å². The van der Waals surface area contributed by atoms with Crippen molar-refractivity contribution in [2.45, 2.75) is 52.0 Å². The third kappa shape index (κ3) is 3.50. The van der Waals surface area contributed by atoms with Gasteiger partial charge < -0.3 is 5.32 Å². The molecule has 20 heavy (non-hydrogen) atoms. The summed E-state index contributed by atoms with van der Waals surface area (Å²) in [6.45, 7) is 5.43. The Morgan fingerprint density at radius 1 is 1.20 bits per heavy atom.